The number of hydrogen-bond acceptors (Lipinski definition) is 2. The molecule has 1 atom stereocenters. The number of nitrogens with two attached hydrogens (primary N) is 1. The van der Waals surface area contributed by atoms with Crippen LogP contribution in [0.3, 0.4) is 0 Å². The van der Waals surface area contributed by atoms with Crippen LogP contribution in [-0.4, -0.2) is 6.61 Å². The van der Waals surface area contributed by atoms with Gasteiger partial charge in [-0.1, -0.05) is 29.8 Å². The van der Waals surface area contributed by atoms with E-state index in [1.807, 2.05) is 24.3 Å². The molecule has 0 saturated heterocycles. The Bertz CT molecular complexity index is 644. The number of benzene rings is 2. The predicted octanol–water partition coefficient (Wildman–Crippen LogP) is 4.32. The molecule has 1 aliphatic heterocycles. The third-order valence-corrected chi connectivity index (χ3v) is 4.81. The van der Waals surface area contributed by atoms with Crippen LogP contribution in [-0.2, 0) is 6.42 Å². The third kappa shape index (κ3) is 2.67. The lowest BCUT2D eigenvalue weighted by Crippen LogP contribution is -2.18. The average molecular weight is 400 g/mol. The van der Waals surface area contributed by atoms with Crippen LogP contribution in [0, 0.1) is 3.57 Å². The lowest BCUT2D eigenvalue weighted by atomic mass is 9.94. The standard InChI is InChI=1S/C16H15ClINO/c17-11-6-7-14(18)13(9-11)15(19)12-5-1-3-10-4-2-8-20-16(10)12/h1,3,5-7,9,15H,2,4,8,19H2. The molecule has 1 aliphatic rings. The Balaban J connectivity index is 2.06. The number of aryl methyl sites for hydroxylation is 1. The van der Waals surface area contributed by atoms with Crippen LogP contribution in [0.5, 0.6) is 5.75 Å². The summed E-state index contributed by atoms with van der Waals surface area (Å²) < 4.78 is 6.97. The van der Waals surface area contributed by atoms with Gasteiger partial charge in [-0.3, -0.25) is 0 Å². The number of fused-ring (bicyclic) bond motifs is 1. The number of halogens is 2. The van der Waals surface area contributed by atoms with Crippen molar-refractivity contribution in [1.29, 1.82) is 0 Å². The molecule has 0 saturated carbocycles. The maximum Gasteiger partial charge on any atom is 0.127 e. The summed E-state index contributed by atoms with van der Waals surface area (Å²) in [6.07, 6.45) is 2.13. The van der Waals surface area contributed by atoms with Gasteiger partial charge >= 0.3 is 0 Å². The molecule has 0 amide bonds. The fraction of sp³-hybridized carbons (Fsp3) is 0.250. The summed E-state index contributed by atoms with van der Waals surface area (Å²) >= 11 is 8.40. The van der Waals surface area contributed by atoms with E-state index in [9.17, 15) is 0 Å². The summed E-state index contributed by atoms with van der Waals surface area (Å²) in [6.45, 7) is 0.767. The van der Waals surface area contributed by atoms with Gasteiger partial charge in [0.1, 0.15) is 5.75 Å². The molecule has 104 valence electrons. The fourth-order valence-corrected chi connectivity index (χ4v) is 3.43. The molecule has 0 fully saturated rings. The second-order valence-electron chi connectivity index (χ2n) is 4.93. The van der Waals surface area contributed by atoms with Gasteiger partial charge in [-0.15, -0.1) is 0 Å². The molecule has 2 N–H and O–H groups in total. The van der Waals surface area contributed by atoms with Gasteiger partial charge in [0.15, 0.2) is 0 Å². The lowest BCUT2D eigenvalue weighted by Gasteiger charge is -2.24. The molecule has 2 aromatic carbocycles. The lowest BCUT2D eigenvalue weighted by molar-refractivity contribution is 0.284. The van der Waals surface area contributed by atoms with Crippen LogP contribution in [0.4, 0.5) is 0 Å². The van der Waals surface area contributed by atoms with E-state index in [4.69, 9.17) is 22.1 Å². The van der Waals surface area contributed by atoms with Crippen LogP contribution >= 0.6 is 34.2 Å². The zero-order chi connectivity index (χ0) is 14.1. The molecular formula is C16H15ClINO. The van der Waals surface area contributed by atoms with E-state index in [-0.39, 0.29) is 6.04 Å². The van der Waals surface area contributed by atoms with E-state index in [2.05, 4.69) is 34.7 Å². The fourth-order valence-electron chi connectivity index (χ4n) is 2.58. The monoisotopic (exact) mass is 399 g/mol. The van der Waals surface area contributed by atoms with Crippen molar-refractivity contribution in [3.63, 3.8) is 0 Å². The van der Waals surface area contributed by atoms with Crippen molar-refractivity contribution in [1.82, 2.24) is 0 Å². The van der Waals surface area contributed by atoms with Crippen molar-refractivity contribution in [3.05, 3.63) is 61.7 Å². The first-order valence-electron chi connectivity index (χ1n) is 6.62. The van der Waals surface area contributed by atoms with Gasteiger partial charge < -0.3 is 10.5 Å². The Labute approximate surface area is 137 Å². The van der Waals surface area contributed by atoms with E-state index in [0.29, 0.717) is 5.02 Å². The summed E-state index contributed by atoms with van der Waals surface area (Å²) in [6, 6.07) is 11.8. The maximum absolute atomic E-state index is 6.47. The number of ether oxygens (including phenoxy) is 1. The normalized spacial score (nSPS) is 15.3. The van der Waals surface area contributed by atoms with Gasteiger partial charge in [0, 0.05) is 14.2 Å². The highest BCUT2D eigenvalue weighted by Gasteiger charge is 2.21. The minimum atomic E-state index is -0.214. The Morgan fingerprint density at radius 3 is 2.90 bits per heavy atom. The second kappa shape index (κ2) is 5.92. The van der Waals surface area contributed by atoms with E-state index < -0.39 is 0 Å². The molecule has 0 bridgehead atoms. The Morgan fingerprint density at radius 2 is 2.05 bits per heavy atom. The van der Waals surface area contributed by atoms with Crippen molar-refractivity contribution in [3.8, 4) is 5.75 Å². The average Bonchev–Trinajstić information content (AvgIpc) is 2.48. The first-order chi connectivity index (χ1) is 9.66. The van der Waals surface area contributed by atoms with Crippen molar-refractivity contribution in [2.75, 3.05) is 6.61 Å². The molecular weight excluding hydrogens is 385 g/mol. The molecule has 1 unspecified atom stereocenters. The van der Waals surface area contributed by atoms with Crippen molar-refractivity contribution < 1.29 is 4.74 Å². The van der Waals surface area contributed by atoms with Gasteiger partial charge in [-0.25, -0.2) is 0 Å². The van der Waals surface area contributed by atoms with Gasteiger partial charge in [0.25, 0.3) is 0 Å². The molecule has 3 rings (SSSR count). The van der Waals surface area contributed by atoms with Gasteiger partial charge in [-0.05, 0) is 64.8 Å². The van der Waals surface area contributed by atoms with Crippen molar-refractivity contribution in [2.45, 2.75) is 18.9 Å². The van der Waals surface area contributed by atoms with Crippen LogP contribution in [0.15, 0.2) is 36.4 Å². The number of hydrogen-bond donors (Lipinski definition) is 1. The van der Waals surface area contributed by atoms with Crippen LogP contribution < -0.4 is 10.5 Å². The first-order valence-corrected chi connectivity index (χ1v) is 8.07. The van der Waals surface area contributed by atoms with Gasteiger partial charge in [0.05, 0.1) is 12.6 Å². The van der Waals surface area contributed by atoms with Crippen LogP contribution in [0.1, 0.15) is 29.2 Å². The Kier molecular flexibility index (Phi) is 4.19. The zero-order valence-corrected chi connectivity index (χ0v) is 13.8. The van der Waals surface area contributed by atoms with E-state index in [1.165, 1.54) is 5.56 Å². The van der Waals surface area contributed by atoms with Gasteiger partial charge in [0.2, 0.25) is 0 Å². The molecule has 0 spiro atoms. The summed E-state index contributed by atoms with van der Waals surface area (Å²) in [7, 11) is 0. The Morgan fingerprint density at radius 1 is 1.20 bits per heavy atom. The summed E-state index contributed by atoms with van der Waals surface area (Å²) in [5, 5.41) is 0.710. The Hall–Kier alpha value is -0.780. The SMILES string of the molecule is NC(c1cc(Cl)ccc1I)c1cccc2c1OCCC2. The van der Waals surface area contributed by atoms with Crippen LogP contribution in [0.2, 0.25) is 5.02 Å². The molecule has 1 heterocycles. The summed E-state index contributed by atoms with van der Waals surface area (Å²) in [5.41, 5.74) is 9.80. The molecule has 0 radical (unpaired) electrons. The van der Waals surface area contributed by atoms with Crippen molar-refractivity contribution in [2.24, 2.45) is 5.73 Å². The molecule has 2 nitrogen and oxygen atoms in total. The molecule has 0 aromatic heterocycles. The van der Waals surface area contributed by atoms with Gasteiger partial charge in [-0.2, -0.15) is 0 Å². The van der Waals surface area contributed by atoms with E-state index >= 15 is 0 Å². The topological polar surface area (TPSA) is 35.2 Å². The number of rotatable bonds is 2. The zero-order valence-electron chi connectivity index (χ0n) is 10.9. The minimum absolute atomic E-state index is 0.214. The van der Waals surface area contributed by atoms with E-state index in [0.717, 1.165) is 39.9 Å². The highest BCUT2D eigenvalue weighted by molar-refractivity contribution is 14.1. The highest BCUT2D eigenvalue weighted by atomic mass is 127. The smallest absolute Gasteiger partial charge is 0.127 e. The molecule has 4 heteroatoms. The minimum Gasteiger partial charge on any atom is -0.493 e. The van der Waals surface area contributed by atoms with Crippen molar-refractivity contribution >= 4 is 34.2 Å². The summed E-state index contributed by atoms with van der Waals surface area (Å²) in [5.74, 6) is 0.960. The molecule has 2 aromatic rings. The largest absolute Gasteiger partial charge is 0.493 e. The quantitative estimate of drug-likeness (QED) is 0.764. The predicted molar refractivity (Wildman–Crippen MR) is 90.5 cm³/mol. The van der Waals surface area contributed by atoms with E-state index in [1.54, 1.807) is 0 Å². The highest BCUT2D eigenvalue weighted by Crippen LogP contribution is 2.36. The summed E-state index contributed by atoms with van der Waals surface area (Å²) in [4.78, 5) is 0. The molecule has 20 heavy (non-hydrogen) atoms. The molecule has 0 aliphatic carbocycles. The third-order valence-electron chi connectivity index (χ3n) is 3.59. The maximum atomic E-state index is 6.47. The number of para-hydroxylation sites is 1. The second-order valence-corrected chi connectivity index (χ2v) is 6.53. The first kappa shape index (κ1) is 14.2. The van der Waals surface area contributed by atoms with Crippen LogP contribution in [0.25, 0.3) is 0 Å².